The number of carbonyl (C=O) groups is 3. The van der Waals surface area contributed by atoms with Gasteiger partial charge in [0.05, 0.1) is 18.0 Å². The van der Waals surface area contributed by atoms with Gasteiger partial charge in [-0.2, -0.15) is 0 Å². The quantitative estimate of drug-likeness (QED) is 0.261. The van der Waals surface area contributed by atoms with Crippen molar-refractivity contribution in [1.82, 2.24) is 10.3 Å². The highest BCUT2D eigenvalue weighted by molar-refractivity contribution is 8.15. The number of anilines is 1. The molecule has 3 heterocycles. The van der Waals surface area contributed by atoms with Crippen LogP contribution in [-0.4, -0.2) is 98.7 Å². The van der Waals surface area contributed by atoms with Crippen molar-refractivity contribution in [2.45, 2.75) is 42.4 Å². The Balaban J connectivity index is 1.24. The third-order valence-electron chi connectivity index (χ3n) is 5.98. The number of likely N-dealkylation sites (N-methyl/N-ethyl adjacent to an activating group) is 1. The average Bonchev–Trinajstić information content (AvgIpc) is 3.21. The van der Waals surface area contributed by atoms with E-state index in [0.29, 0.717) is 31.1 Å². The number of aromatic nitrogens is 1. The number of aliphatic hydroxyl groups excluding tert-OH is 3. The average molecular weight is 550 g/mol. The van der Waals surface area contributed by atoms with Gasteiger partial charge in [0.1, 0.15) is 42.2 Å². The Labute approximate surface area is 221 Å². The molecule has 0 unspecified atom stereocenters. The molecule has 0 spiro atoms. The van der Waals surface area contributed by atoms with Crippen LogP contribution in [0.4, 0.5) is 10.6 Å². The van der Waals surface area contributed by atoms with Crippen molar-refractivity contribution in [2.24, 2.45) is 0 Å². The van der Waals surface area contributed by atoms with Gasteiger partial charge >= 0.3 is 5.97 Å². The number of hydrogen-bond donors (Lipinski definition) is 5. The standard InChI is InChI=1S/C24H27N3O10S/c1-27(8-9-35-13-4-2-12(3-5-13)10-15-21(31)26-24(34)38-15)16-7-6-14(11-25-16)36-23-19(30)17(28)18(29)20(37-23)22(32)33/h2-7,11,15,17-20,23,28-30H,8-10H2,1H3,(H,32,33)(H,26,31,34)/t15-,17-,18+,19+,20-,23+/m0/s1. The molecular formula is C24H27N3O10S. The van der Waals surface area contributed by atoms with E-state index in [-0.39, 0.29) is 16.9 Å². The fraction of sp³-hybridized carbons (Fsp3) is 0.417. The first-order valence-electron chi connectivity index (χ1n) is 11.6. The highest BCUT2D eigenvalue weighted by Crippen LogP contribution is 2.26. The molecule has 6 atom stereocenters. The number of nitrogens with zero attached hydrogens (tertiary/aromatic N) is 2. The number of carboxylic acids is 1. The smallest absolute Gasteiger partial charge is 0.335 e. The van der Waals surface area contributed by atoms with Crippen molar-refractivity contribution in [3.63, 3.8) is 0 Å². The minimum absolute atomic E-state index is 0.160. The van der Waals surface area contributed by atoms with Gasteiger partial charge in [0.25, 0.3) is 5.24 Å². The van der Waals surface area contributed by atoms with Crippen LogP contribution in [0.15, 0.2) is 42.6 Å². The zero-order chi connectivity index (χ0) is 27.4. The molecule has 0 saturated carbocycles. The summed E-state index contributed by atoms with van der Waals surface area (Å²) in [6, 6.07) is 10.5. The fourth-order valence-corrected chi connectivity index (χ4v) is 4.69. The first-order chi connectivity index (χ1) is 18.1. The maximum atomic E-state index is 11.7. The molecule has 0 radical (unpaired) electrons. The van der Waals surface area contributed by atoms with Gasteiger partial charge in [0, 0.05) is 7.05 Å². The lowest BCUT2D eigenvalue weighted by molar-refractivity contribution is -0.271. The molecule has 4 rings (SSSR count). The zero-order valence-corrected chi connectivity index (χ0v) is 21.0. The number of thioether (sulfide) groups is 1. The third-order valence-corrected chi connectivity index (χ3v) is 6.97. The maximum Gasteiger partial charge on any atom is 0.335 e. The summed E-state index contributed by atoms with van der Waals surface area (Å²) in [5, 5.41) is 40.4. The van der Waals surface area contributed by atoms with Crippen LogP contribution >= 0.6 is 11.8 Å². The van der Waals surface area contributed by atoms with Crippen LogP contribution in [-0.2, 0) is 20.7 Å². The molecule has 14 heteroatoms. The molecule has 13 nitrogen and oxygen atoms in total. The van der Waals surface area contributed by atoms with Crippen molar-refractivity contribution in [3.05, 3.63) is 48.2 Å². The van der Waals surface area contributed by atoms with Crippen LogP contribution in [0.1, 0.15) is 5.56 Å². The molecule has 2 aliphatic rings. The molecular weight excluding hydrogens is 522 g/mol. The van der Waals surface area contributed by atoms with Gasteiger partial charge in [-0.05, 0) is 36.2 Å². The predicted octanol–water partition coefficient (Wildman–Crippen LogP) is -0.238. The normalized spacial score (nSPS) is 27.1. The number of hydrogen-bond acceptors (Lipinski definition) is 12. The Kier molecular flexibility index (Phi) is 8.69. The summed E-state index contributed by atoms with van der Waals surface area (Å²) in [4.78, 5) is 40.3. The molecule has 5 N–H and O–H groups in total. The Bertz CT molecular complexity index is 1150. The summed E-state index contributed by atoms with van der Waals surface area (Å²) < 4.78 is 16.3. The molecule has 2 saturated heterocycles. The second kappa shape index (κ2) is 12.0. The molecule has 0 aliphatic carbocycles. The lowest BCUT2D eigenvalue weighted by Gasteiger charge is -2.38. The number of rotatable bonds is 10. The minimum atomic E-state index is -1.80. The van der Waals surface area contributed by atoms with E-state index in [1.807, 2.05) is 24.1 Å². The number of imide groups is 1. The van der Waals surface area contributed by atoms with E-state index >= 15 is 0 Å². The topological polar surface area (TPSA) is 188 Å². The first kappa shape index (κ1) is 27.6. The van der Waals surface area contributed by atoms with Crippen molar-refractivity contribution in [2.75, 3.05) is 25.1 Å². The van der Waals surface area contributed by atoms with Crippen molar-refractivity contribution in [3.8, 4) is 11.5 Å². The molecule has 1 aromatic carbocycles. The number of carboxylic acid groups (broad SMARTS) is 1. The summed E-state index contributed by atoms with van der Waals surface area (Å²) in [6.07, 6.45) is -6.70. The number of aliphatic carboxylic acids is 1. The van der Waals surface area contributed by atoms with Crippen LogP contribution in [0.25, 0.3) is 0 Å². The molecule has 38 heavy (non-hydrogen) atoms. The Morgan fingerprint density at radius 1 is 1.08 bits per heavy atom. The molecule has 2 aliphatic heterocycles. The predicted molar refractivity (Wildman–Crippen MR) is 133 cm³/mol. The highest BCUT2D eigenvalue weighted by Gasteiger charge is 2.48. The zero-order valence-electron chi connectivity index (χ0n) is 20.2. The third kappa shape index (κ3) is 6.52. The van der Waals surface area contributed by atoms with E-state index in [9.17, 15) is 29.7 Å². The second-order valence-corrected chi connectivity index (χ2v) is 9.88. The van der Waals surface area contributed by atoms with Crippen molar-refractivity contribution >= 4 is 34.7 Å². The summed E-state index contributed by atoms with van der Waals surface area (Å²) in [7, 11) is 1.81. The van der Waals surface area contributed by atoms with Gasteiger partial charge in [-0.15, -0.1) is 0 Å². The number of benzene rings is 1. The van der Waals surface area contributed by atoms with E-state index in [2.05, 4.69) is 10.3 Å². The summed E-state index contributed by atoms with van der Waals surface area (Å²) in [5.74, 6) is -0.381. The Hall–Kier alpha value is -3.43. The molecule has 2 aromatic rings. The number of nitrogens with one attached hydrogen (secondary N) is 1. The number of amides is 2. The van der Waals surface area contributed by atoms with E-state index in [1.165, 1.54) is 12.3 Å². The van der Waals surface area contributed by atoms with Crippen molar-refractivity contribution < 1.29 is 49.0 Å². The fourth-order valence-electron chi connectivity index (χ4n) is 3.83. The van der Waals surface area contributed by atoms with Crippen LogP contribution in [0.3, 0.4) is 0 Å². The van der Waals surface area contributed by atoms with Crippen LogP contribution in [0.5, 0.6) is 11.5 Å². The highest BCUT2D eigenvalue weighted by atomic mass is 32.2. The van der Waals surface area contributed by atoms with Crippen molar-refractivity contribution in [1.29, 1.82) is 0 Å². The van der Waals surface area contributed by atoms with Gasteiger partial charge in [-0.3, -0.25) is 14.9 Å². The molecule has 2 fully saturated rings. The summed E-state index contributed by atoms with van der Waals surface area (Å²) in [6.45, 7) is 0.842. The minimum Gasteiger partial charge on any atom is -0.492 e. The lowest BCUT2D eigenvalue weighted by Crippen LogP contribution is -2.61. The van der Waals surface area contributed by atoms with Gasteiger partial charge in [0.15, 0.2) is 6.10 Å². The molecule has 1 aromatic heterocycles. The summed E-state index contributed by atoms with van der Waals surface area (Å²) >= 11 is 0.990. The van der Waals surface area contributed by atoms with Crippen LogP contribution < -0.4 is 19.7 Å². The summed E-state index contributed by atoms with van der Waals surface area (Å²) in [5.41, 5.74) is 0.915. The first-order valence-corrected chi connectivity index (χ1v) is 12.5. The van der Waals surface area contributed by atoms with Gasteiger partial charge in [-0.25, -0.2) is 9.78 Å². The number of aliphatic hydroxyl groups is 3. The Morgan fingerprint density at radius 2 is 1.79 bits per heavy atom. The lowest BCUT2D eigenvalue weighted by atomic mass is 9.99. The monoisotopic (exact) mass is 549 g/mol. The van der Waals surface area contributed by atoms with E-state index in [0.717, 1.165) is 17.3 Å². The van der Waals surface area contributed by atoms with Crippen LogP contribution in [0, 0.1) is 0 Å². The van der Waals surface area contributed by atoms with Gasteiger partial charge in [-0.1, -0.05) is 23.9 Å². The Morgan fingerprint density at radius 3 is 2.39 bits per heavy atom. The number of pyridine rings is 1. The van der Waals surface area contributed by atoms with Crippen LogP contribution in [0.2, 0.25) is 0 Å². The number of ether oxygens (including phenoxy) is 3. The van der Waals surface area contributed by atoms with Gasteiger partial charge < -0.3 is 39.5 Å². The SMILES string of the molecule is CN(CCOc1ccc(C[C@@H]2SC(=O)NC2=O)cc1)c1ccc(O[C@@H]2O[C@H](C(=O)O)[C@H](O)[C@H](O)[C@H]2O)cn1. The molecule has 0 bridgehead atoms. The maximum absolute atomic E-state index is 11.7. The van der Waals surface area contributed by atoms with E-state index in [1.54, 1.807) is 18.2 Å². The van der Waals surface area contributed by atoms with E-state index in [4.69, 9.17) is 19.3 Å². The van der Waals surface area contributed by atoms with Gasteiger partial charge in [0.2, 0.25) is 12.2 Å². The largest absolute Gasteiger partial charge is 0.492 e. The number of carbonyl (C=O) groups excluding carboxylic acids is 2. The van der Waals surface area contributed by atoms with E-state index < -0.39 is 41.9 Å². The second-order valence-electron chi connectivity index (χ2n) is 8.71. The molecule has 2 amide bonds. The molecule has 204 valence electrons.